The van der Waals surface area contributed by atoms with Gasteiger partial charge in [-0.3, -0.25) is 4.79 Å². The van der Waals surface area contributed by atoms with Gasteiger partial charge in [-0.1, -0.05) is 19.9 Å². The molecule has 9 heteroatoms. The Bertz CT molecular complexity index is 714. The molecule has 0 amide bonds. The molecule has 1 aromatic rings. The van der Waals surface area contributed by atoms with Crippen LogP contribution < -0.4 is 0 Å². The molecule has 1 aromatic carbocycles. The lowest BCUT2D eigenvalue weighted by Gasteiger charge is -2.18. The minimum absolute atomic E-state index is 0.337. The van der Waals surface area contributed by atoms with Crippen molar-refractivity contribution in [2.45, 2.75) is 20.0 Å². The van der Waals surface area contributed by atoms with Gasteiger partial charge in [-0.05, 0) is 55.3 Å². The van der Waals surface area contributed by atoms with Crippen molar-refractivity contribution in [3.63, 3.8) is 0 Å². The minimum atomic E-state index is -4.42. The van der Waals surface area contributed by atoms with Gasteiger partial charge in [0.25, 0.3) is 0 Å². The monoisotopic (exact) mass is 476 g/mol. The molecule has 2 atom stereocenters. The normalized spacial score (nSPS) is 22.0. The summed E-state index contributed by atoms with van der Waals surface area (Å²) in [5.41, 5.74) is -2.17. The SMILES string of the molecule is CC1(C)C(C=C(Br)Br)C1C(=O)OC(F)(F)c1ccc(F)c(F)c1F. The number of hydrogen-bond donors (Lipinski definition) is 0. The van der Waals surface area contributed by atoms with Crippen LogP contribution in [0.4, 0.5) is 22.0 Å². The van der Waals surface area contributed by atoms with E-state index >= 15 is 0 Å². The van der Waals surface area contributed by atoms with Gasteiger partial charge in [0.15, 0.2) is 17.5 Å². The van der Waals surface area contributed by atoms with Crippen molar-refractivity contribution < 1.29 is 31.5 Å². The van der Waals surface area contributed by atoms with Crippen molar-refractivity contribution >= 4 is 37.8 Å². The summed E-state index contributed by atoms with van der Waals surface area (Å²) in [7, 11) is 0. The Morgan fingerprint density at radius 2 is 1.79 bits per heavy atom. The van der Waals surface area contributed by atoms with E-state index in [0.29, 0.717) is 15.5 Å². The maximum atomic E-state index is 14.0. The Kier molecular flexibility index (Phi) is 5.17. The number of carbonyl (C=O) groups is 1. The second-order valence-corrected chi connectivity index (χ2v) is 8.71. The highest BCUT2D eigenvalue weighted by atomic mass is 79.9. The molecule has 0 aliphatic heterocycles. The first kappa shape index (κ1) is 19.4. The van der Waals surface area contributed by atoms with Crippen LogP contribution in [0.15, 0.2) is 21.6 Å². The Labute approximate surface area is 151 Å². The number of carbonyl (C=O) groups excluding carboxylic acids is 1. The Balaban J connectivity index is 2.23. The highest BCUT2D eigenvalue weighted by molar-refractivity contribution is 9.28. The summed E-state index contributed by atoms with van der Waals surface area (Å²) in [5.74, 6) is -8.27. The molecule has 0 aromatic heterocycles. The van der Waals surface area contributed by atoms with Crippen LogP contribution in [0.3, 0.4) is 0 Å². The van der Waals surface area contributed by atoms with Crippen molar-refractivity contribution in [3.8, 4) is 0 Å². The van der Waals surface area contributed by atoms with Gasteiger partial charge in [0.05, 0.1) is 9.31 Å². The first-order chi connectivity index (χ1) is 10.9. The molecule has 1 aliphatic carbocycles. The van der Waals surface area contributed by atoms with E-state index in [2.05, 4.69) is 36.6 Å². The molecule has 1 saturated carbocycles. The highest BCUT2D eigenvalue weighted by Crippen LogP contribution is 2.60. The van der Waals surface area contributed by atoms with Crippen LogP contribution in [-0.2, 0) is 15.6 Å². The van der Waals surface area contributed by atoms with Crippen molar-refractivity contribution in [1.82, 2.24) is 0 Å². The van der Waals surface area contributed by atoms with Gasteiger partial charge < -0.3 is 4.74 Å². The van der Waals surface area contributed by atoms with E-state index in [1.165, 1.54) is 0 Å². The van der Waals surface area contributed by atoms with Gasteiger partial charge in [0.2, 0.25) is 0 Å². The lowest BCUT2D eigenvalue weighted by atomic mass is 10.1. The van der Waals surface area contributed by atoms with Crippen LogP contribution in [0.5, 0.6) is 0 Å². The molecule has 0 saturated heterocycles. The molecular formula is C15H11Br2F5O2. The molecule has 132 valence electrons. The molecule has 2 unspecified atom stereocenters. The van der Waals surface area contributed by atoms with Crippen molar-refractivity contribution in [3.05, 3.63) is 44.6 Å². The minimum Gasteiger partial charge on any atom is -0.397 e. The van der Waals surface area contributed by atoms with E-state index in [1.807, 2.05) is 0 Å². The fourth-order valence-corrected chi connectivity index (χ4v) is 3.14. The van der Waals surface area contributed by atoms with Gasteiger partial charge in [0, 0.05) is 0 Å². The molecule has 0 N–H and O–H groups in total. The van der Waals surface area contributed by atoms with E-state index in [4.69, 9.17) is 0 Å². The van der Waals surface area contributed by atoms with E-state index in [0.717, 1.165) is 0 Å². The summed E-state index contributed by atoms with van der Waals surface area (Å²) in [6.45, 7) is 3.36. The molecule has 0 spiro atoms. The Hall–Kier alpha value is -0.960. The van der Waals surface area contributed by atoms with Crippen molar-refractivity contribution in [2.75, 3.05) is 0 Å². The molecule has 0 radical (unpaired) electrons. The topological polar surface area (TPSA) is 26.3 Å². The van der Waals surface area contributed by atoms with Crippen LogP contribution in [0.1, 0.15) is 19.4 Å². The summed E-state index contributed by atoms with van der Waals surface area (Å²) in [6, 6.07) is 0.676. The Morgan fingerprint density at radius 1 is 1.21 bits per heavy atom. The number of esters is 1. The van der Waals surface area contributed by atoms with E-state index in [9.17, 15) is 26.7 Å². The van der Waals surface area contributed by atoms with Gasteiger partial charge in [0.1, 0.15) is 5.56 Å². The highest BCUT2D eigenvalue weighted by Gasteiger charge is 2.63. The first-order valence-corrected chi connectivity index (χ1v) is 8.25. The number of rotatable bonds is 4. The lowest BCUT2D eigenvalue weighted by Crippen LogP contribution is -2.26. The number of allylic oxidation sites excluding steroid dienone is 1. The zero-order chi connectivity index (χ0) is 18.4. The van der Waals surface area contributed by atoms with Gasteiger partial charge in [-0.15, -0.1) is 0 Å². The van der Waals surface area contributed by atoms with Gasteiger partial charge in [-0.2, -0.15) is 8.78 Å². The van der Waals surface area contributed by atoms with E-state index < -0.39 is 46.4 Å². The number of alkyl halides is 2. The quantitative estimate of drug-likeness (QED) is 0.320. The zero-order valence-corrected chi connectivity index (χ0v) is 15.5. The van der Waals surface area contributed by atoms with Gasteiger partial charge >= 0.3 is 12.1 Å². The van der Waals surface area contributed by atoms with Crippen molar-refractivity contribution in [2.24, 2.45) is 17.3 Å². The largest absolute Gasteiger partial charge is 0.431 e. The number of ether oxygens (including phenoxy) is 1. The predicted octanol–water partition coefficient (Wildman–Crippen LogP) is 5.60. The molecule has 2 nitrogen and oxygen atoms in total. The predicted molar refractivity (Wildman–Crippen MR) is 83.0 cm³/mol. The van der Waals surface area contributed by atoms with Crippen LogP contribution in [0, 0.1) is 34.7 Å². The van der Waals surface area contributed by atoms with Crippen LogP contribution in [-0.4, -0.2) is 5.97 Å². The average Bonchev–Trinajstić information content (AvgIpc) is 2.95. The molecule has 1 fully saturated rings. The number of hydrogen-bond acceptors (Lipinski definition) is 2. The first-order valence-electron chi connectivity index (χ1n) is 6.67. The third-order valence-corrected chi connectivity index (χ3v) is 4.58. The molecule has 2 rings (SSSR count). The van der Waals surface area contributed by atoms with Crippen molar-refractivity contribution in [1.29, 1.82) is 0 Å². The summed E-state index contributed by atoms with van der Waals surface area (Å²) in [4.78, 5) is 12.0. The lowest BCUT2D eigenvalue weighted by molar-refractivity contribution is -0.243. The third kappa shape index (κ3) is 3.51. The smallest absolute Gasteiger partial charge is 0.397 e. The number of benzene rings is 1. The van der Waals surface area contributed by atoms with E-state index in [1.54, 1.807) is 19.9 Å². The standard InChI is InChI=1S/C15H11Br2F5O2/c1-14(2)7(5-9(16)17)10(14)13(23)24-15(21,22)6-3-4-8(18)12(20)11(6)19/h3-5,7,10H,1-2H3. The third-order valence-electron chi connectivity index (χ3n) is 4.05. The van der Waals surface area contributed by atoms with Crippen LogP contribution >= 0.6 is 31.9 Å². The van der Waals surface area contributed by atoms with Crippen LogP contribution in [0.2, 0.25) is 0 Å². The second kappa shape index (κ2) is 6.40. The Morgan fingerprint density at radius 3 is 2.33 bits per heavy atom. The maximum absolute atomic E-state index is 14.0. The fraction of sp³-hybridized carbons (Fsp3) is 0.400. The molecule has 0 bridgehead atoms. The molecule has 24 heavy (non-hydrogen) atoms. The molecule has 1 aliphatic rings. The molecule has 0 heterocycles. The van der Waals surface area contributed by atoms with E-state index in [-0.39, 0.29) is 5.92 Å². The zero-order valence-electron chi connectivity index (χ0n) is 12.3. The second-order valence-electron chi connectivity index (χ2n) is 5.94. The summed E-state index contributed by atoms with van der Waals surface area (Å²) in [5, 5.41) is 0. The summed E-state index contributed by atoms with van der Waals surface area (Å²) >= 11 is 6.23. The summed E-state index contributed by atoms with van der Waals surface area (Å²) in [6.07, 6.45) is -2.81. The van der Waals surface area contributed by atoms with Gasteiger partial charge in [-0.25, -0.2) is 13.2 Å². The summed E-state index contributed by atoms with van der Waals surface area (Å²) < 4.78 is 72.1. The maximum Gasteiger partial charge on any atom is 0.431 e. The fourth-order valence-electron chi connectivity index (χ4n) is 2.57. The van der Waals surface area contributed by atoms with Crippen LogP contribution in [0.25, 0.3) is 0 Å². The number of halogens is 7. The molecular weight excluding hydrogens is 467 g/mol. The average molecular weight is 478 g/mol.